The van der Waals surface area contributed by atoms with Crippen molar-refractivity contribution in [3.05, 3.63) is 53.9 Å². The Morgan fingerprint density at radius 1 is 1.28 bits per heavy atom. The molecule has 25 heavy (non-hydrogen) atoms. The van der Waals surface area contributed by atoms with Crippen LogP contribution in [-0.2, 0) is 6.42 Å². The molecule has 3 aromatic rings. The van der Waals surface area contributed by atoms with Crippen molar-refractivity contribution in [3.8, 4) is 11.3 Å². The molecule has 0 unspecified atom stereocenters. The molecule has 0 saturated heterocycles. The van der Waals surface area contributed by atoms with Crippen molar-refractivity contribution in [2.24, 2.45) is 0 Å². The fourth-order valence-corrected chi connectivity index (χ4v) is 2.17. The van der Waals surface area contributed by atoms with Gasteiger partial charge in [-0.2, -0.15) is 0 Å². The summed E-state index contributed by atoms with van der Waals surface area (Å²) >= 11 is 0. The van der Waals surface area contributed by atoms with Gasteiger partial charge in [0.2, 0.25) is 11.8 Å². The van der Waals surface area contributed by atoms with Gasteiger partial charge >= 0.3 is 0 Å². The molecule has 1 aromatic carbocycles. The molecule has 0 fully saturated rings. The summed E-state index contributed by atoms with van der Waals surface area (Å²) in [6.45, 7) is 2.12. The van der Waals surface area contributed by atoms with Gasteiger partial charge in [0.15, 0.2) is 11.5 Å². The summed E-state index contributed by atoms with van der Waals surface area (Å²) in [4.78, 5) is 12.1. The number of carbonyl (C=O) groups is 1. The Kier molecular flexibility index (Phi) is 5.20. The molecule has 1 atom stereocenters. The zero-order valence-electron chi connectivity index (χ0n) is 13.7. The number of hydrogen-bond acceptors (Lipinski definition) is 7. The molecular weight excluding hydrogens is 324 g/mol. The zero-order chi connectivity index (χ0) is 17.6. The standard InChI is InChI=1S/C17H18N4O4/c1-2-13(22)17-20-19-15(24-17)8-9-18-16(23)12-10-14(25-21-12)11-6-4-3-5-7-11/h3-7,10,13,22H,2,8-9H2,1H3,(H,18,23)/t13-/m1/s1. The third-order valence-corrected chi connectivity index (χ3v) is 3.58. The second-order valence-corrected chi connectivity index (χ2v) is 5.41. The fourth-order valence-electron chi connectivity index (χ4n) is 2.17. The number of aromatic nitrogens is 3. The molecule has 0 aliphatic heterocycles. The van der Waals surface area contributed by atoms with Crippen LogP contribution in [0, 0.1) is 0 Å². The fraction of sp³-hybridized carbons (Fsp3) is 0.294. The first-order valence-electron chi connectivity index (χ1n) is 7.98. The highest BCUT2D eigenvalue weighted by Crippen LogP contribution is 2.19. The topological polar surface area (TPSA) is 114 Å². The largest absolute Gasteiger partial charge is 0.422 e. The summed E-state index contributed by atoms with van der Waals surface area (Å²) in [6.07, 6.45) is 0.0923. The summed E-state index contributed by atoms with van der Waals surface area (Å²) in [6, 6.07) is 11.0. The average molecular weight is 342 g/mol. The maximum atomic E-state index is 12.1. The van der Waals surface area contributed by atoms with Gasteiger partial charge < -0.3 is 19.4 Å². The van der Waals surface area contributed by atoms with Gasteiger partial charge in [-0.1, -0.05) is 42.4 Å². The van der Waals surface area contributed by atoms with Crippen molar-refractivity contribution < 1.29 is 18.8 Å². The lowest BCUT2D eigenvalue weighted by Gasteiger charge is -2.00. The second kappa shape index (κ2) is 7.71. The van der Waals surface area contributed by atoms with E-state index >= 15 is 0 Å². The minimum Gasteiger partial charge on any atom is -0.422 e. The van der Waals surface area contributed by atoms with Crippen LogP contribution in [0.3, 0.4) is 0 Å². The molecule has 8 nitrogen and oxygen atoms in total. The minimum atomic E-state index is -0.762. The molecule has 0 saturated carbocycles. The molecule has 8 heteroatoms. The Balaban J connectivity index is 1.53. The molecule has 2 N–H and O–H groups in total. The molecular formula is C17H18N4O4. The summed E-state index contributed by atoms with van der Waals surface area (Å²) in [5.74, 6) is 0.723. The number of aliphatic hydroxyl groups excluding tert-OH is 1. The molecule has 3 rings (SSSR count). The number of benzene rings is 1. The van der Waals surface area contributed by atoms with E-state index in [1.807, 2.05) is 37.3 Å². The van der Waals surface area contributed by atoms with E-state index in [2.05, 4.69) is 20.7 Å². The lowest BCUT2D eigenvalue weighted by molar-refractivity contribution is 0.0944. The molecule has 0 spiro atoms. The van der Waals surface area contributed by atoms with E-state index < -0.39 is 6.10 Å². The van der Waals surface area contributed by atoms with Gasteiger partial charge in [0, 0.05) is 24.6 Å². The monoisotopic (exact) mass is 342 g/mol. The van der Waals surface area contributed by atoms with Gasteiger partial charge in [-0.3, -0.25) is 4.79 Å². The van der Waals surface area contributed by atoms with Gasteiger partial charge in [0.05, 0.1) is 0 Å². The highest BCUT2D eigenvalue weighted by molar-refractivity contribution is 5.93. The van der Waals surface area contributed by atoms with Crippen molar-refractivity contribution in [3.63, 3.8) is 0 Å². The lowest BCUT2D eigenvalue weighted by Crippen LogP contribution is -2.26. The zero-order valence-corrected chi connectivity index (χ0v) is 13.7. The SMILES string of the molecule is CC[C@@H](O)c1nnc(CCNC(=O)c2cc(-c3ccccc3)on2)o1. The molecule has 0 aliphatic carbocycles. The number of nitrogens with one attached hydrogen (secondary N) is 1. The molecule has 1 amide bonds. The van der Waals surface area contributed by atoms with Crippen molar-refractivity contribution in [1.29, 1.82) is 0 Å². The first-order valence-corrected chi connectivity index (χ1v) is 7.98. The van der Waals surface area contributed by atoms with Crippen LogP contribution in [0.5, 0.6) is 0 Å². The van der Waals surface area contributed by atoms with Crippen LogP contribution >= 0.6 is 0 Å². The minimum absolute atomic E-state index is 0.188. The van der Waals surface area contributed by atoms with Crippen LogP contribution in [0.25, 0.3) is 11.3 Å². The van der Waals surface area contributed by atoms with Crippen LogP contribution < -0.4 is 5.32 Å². The smallest absolute Gasteiger partial charge is 0.273 e. The van der Waals surface area contributed by atoms with E-state index in [4.69, 9.17) is 8.94 Å². The first-order chi connectivity index (χ1) is 12.2. The van der Waals surface area contributed by atoms with E-state index in [0.29, 0.717) is 31.0 Å². The first kappa shape index (κ1) is 16.8. The van der Waals surface area contributed by atoms with Crippen molar-refractivity contribution in [1.82, 2.24) is 20.7 Å². The van der Waals surface area contributed by atoms with Crippen molar-refractivity contribution in [2.45, 2.75) is 25.9 Å². The Morgan fingerprint density at radius 3 is 2.84 bits per heavy atom. The maximum Gasteiger partial charge on any atom is 0.273 e. The number of hydrogen-bond donors (Lipinski definition) is 2. The van der Waals surface area contributed by atoms with Crippen molar-refractivity contribution >= 4 is 5.91 Å². The highest BCUT2D eigenvalue weighted by atomic mass is 16.5. The third kappa shape index (κ3) is 4.10. The Hall–Kier alpha value is -3.00. The maximum absolute atomic E-state index is 12.1. The van der Waals surface area contributed by atoms with Crippen molar-refractivity contribution in [2.75, 3.05) is 6.54 Å². The van der Waals surface area contributed by atoms with Gasteiger partial charge in [0.25, 0.3) is 5.91 Å². The number of aliphatic hydroxyl groups is 1. The predicted molar refractivity (Wildman–Crippen MR) is 87.5 cm³/mol. The Morgan fingerprint density at radius 2 is 2.08 bits per heavy atom. The van der Waals surface area contributed by atoms with E-state index in [0.717, 1.165) is 5.56 Å². The molecule has 2 heterocycles. The van der Waals surface area contributed by atoms with Gasteiger partial charge in [0.1, 0.15) is 6.10 Å². The van der Waals surface area contributed by atoms with E-state index in [1.165, 1.54) is 0 Å². The van der Waals surface area contributed by atoms with Gasteiger partial charge in [-0.05, 0) is 6.42 Å². The molecule has 130 valence electrons. The number of carbonyl (C=O) groups excluding carboxylic acids is 1. The molecule has 0 radical (unpaired) electrons. The molecule has 2 aromatic heterocycles. The van der Waals surface area contributed by atoms with Crippen LogP contribution in [0.1, 0.15) is 41.7 Å². The Labute approximate surface area is 143 Å². The predicted octanol–water partition coefficient (Wildman–Crippen LogP) is 2.14. The lowest BCUT2D eigenvalue weighted by atomic mass is 10.1. The van der Waals surface area contributed by atoms with Crippen LogP contribution in [0.4, 0.5) is 0 Å². The van der Waals surface area contributed by atoms with Crippen LogP contribution in [0.15, 0.2) is 45.3 Å². The highest BCUT2D eigenvalue weighted by Gasteiger charge is 2.15. The molecule has 0 aliphatic rings. The second-order valence-electron chi connectivity index (χ2n) is 5.41. The van der Waals surface area contributed by atoms with Gasteiger partial charge in [-0.25, -0.2) is 0 Å². The summed E-state index contributed by atoms with van der Waals surface area (Å²) in [5, 5.41) is 23.7. The van der Waals surface area contributed by atoms with E-state index in [-0.39, 0.29) is 17.5 Å². The summed E-state index contributed by atoms with van der Waals surface area (Å²) in [7, 11) is 0. The average Bonchev–Trinajstić information content (AvgIpc) is 3.31. The Bertz CT molecular complexity index is 828. The molecule has 0 bridgehead atoms. The number of amides is 1. The summed E-state index contributed by atoms with van der Waals surface area (Å²) in [5.41, 5.74) is 1.05. The normalized spacial score (nSPS) is 12.1. The quantitative estimate of drug-likeness (QED) is 0.676. The summed E-state index contributed by atoms with van der Waals surface area (Å²) < 4.78 is 10.5. The van der Waals surface area contributed by atoms with E-state index in [1.54, 1.807) is 6.07 Å². The van der Waals surface area contributed by atoms with Crippen LogP contribution in [-0.4, -0.2) is 32.9 Å². The van der Waals surface area contributed by atoms with Crippen LogP contribution in [0.2, 0.25) is 0 Å². The van der Waals surface area contributed by atoms with Gasteiger partial charge in [-0.15, -0.1) is 10.2 Å². The third-order valence-electron chi connectivity index (χ3n) is 3.58. The van der Waals surface area contributed by atoms with E-state index in [9.17, 15) is 9.90 Å². The number of nitrogens with zero attached hydrogens (tertiary/aromatic N) is 3. The number of rotatable bonds is 7.